The molecule has 1 unspecified atom stereocenters. The summed E-state index contributed by atoms with van der Waals surface area (Å²) in [6.07, 6.45) is 4.97. The SMILES string of the molecule is CC(=O)c1ccc(S(=O)(=O)N2CCN(c3ncnc4sc5c(c34)CCC(C)C5)CC2)cc1. The minimum atomic E-state index is -3.60. The average molecular weight is 471 g/mol. The van der Waals surface area contributed by atoms with Gasteiger partial charge in [0.15, 0.2) is 5.78 Å². The smallest absolute Gasteiger partial charge is 0.243 e. The number of aryl methyl sites for hydroxylation is 1. The second kappa shape index (κ2) is 8.20. The van der Waals surface area contributed by atoms with Crippen molar-refractivity contribution in [3.05, 3.63) is 46.6 Å². The molecule has 0 bridgehead atoms. The van der Waals surface area contributed by atoms with Gasteiger partial charge in [-0.1, -0.05) is 19.1 Å². The number of Topliss-reactive ketones (excluding diaryl/α,β-unsaturated/α-hetero) is 1. The number of aromatic nitrogens is 2. The molecule has 32 heavy (non-hydrogen) atoms. The lowest BCUT2D eigenvalue weighted by Gasteiger charge is -2.35. The molecule has 3 heterocycles. The fraction of sp³-hybridized carbons (Fsp3) is 0.435. The number of benzene rings is 1. The van der Waals surface area contributed by atoms with Crippen molar-refractivity contribution < 1.29 is 13.2 Å². The molecule has 1 saturated heterocycles. The topological polar surface area (TPSA) is 83.5 Å². The van der Waals surface area contributed by atoms with Gasteiger partial charge in [-0.05, 0) is 49.8 Å². The first-order valence-electron chi connectivity index (χ1n) is 11.0. The first-order valence-corrected chi connectivity index (χ1v) is 13.2. The van der Waals surface area contributed by atoms with E-state index in [0.29, 0.717) is 37.7 Å². The second-order valence-electron chi connectivity index (χ2n) is 8.70. The summed E-state index contributed by atoms with van der Waals surface area (Å²) in [6, 6.07) is 6.18. The van der Waals surface area contributed by atoms with Crippen LogP contribution >= 0.6 is 11.3 Å². The molecule has 1 aromatic carbocycles. The number of nitrogens with zero attached hydrogens (tertiary/aromatic N) is 4. The summed E-state index contributed by atoms with van der Waals surface area (Å²) in [4.78, 5) is 25.5. The number of ketones is 1. The van der Waals surface area contributed by atoms with Gasteiger partial charge < -0.3 is 4.90 Å². The minimum Gasteiger partial charge on any atom is -0.353 e. The molecule has 1 aliphatic carbocycles. The average Bonchev–Trinajstić information content (AvgIpc) is 3.16. The van der Waals surface area contributed by atoms with Crippen molar-refractivity contribution in [2.75, 3.05) is 31.1 Å². The summed E-state index contributed by atoms with van der Waals surface area (Å²) in [5.41, 5.74) is 1.90. The number of fused-ring (bicyclic) bond motifs is 3. The number of piperazine rings is 1. The third-order valence-electron chi connectivity index (χ3n) is 6.51. The van der Waals surface area contributed by atoms with Crippen molar-refractivity contribution in [2.24, 2.45) is 5.92 Å². The van der Waals surface area contributed by atoms with Crippen LogP contribution < -0.4 is 4.90 Å². The minimum absolute atomic E-state index is 0.0798. The zero-order valence-corrected chi connectivity index (χ0v) is 19.9. The lowest BCUT2D eigenvalue weighted by molar-refractivity contribution is 0.101. The predicted molar refractivity (Wildman–Crippen MR) is 126 cm³/mol. The van der Waals surface area contributed by atoms with Gasteiger partial charge in [0.2, 0.25) is 10.0 Å². The van der Waals surface area contributed by atoms with Gasteiger partial charge in [-0.3, -0.25) is 4.79 Å². The number of rotatable bonds is 4. The molecule has 1 fully saturated rings. The Labute approximate surface area is 192 Å². The standard InChI is InChI=1S/C23H26N4O3S2/c1-15-3-8-19-20(13-15)31-23-21(19)22(24-14-25-23)26-9-11-27(12-10-26)32(29,30)18-6-4-17(5-7-18)16(2)28/h4-7,14-15H,3,8-13H2,1-2H3. The van der Waals surface area contributed by atoms with Crippen LogP contribution in [-0.4, -0.2) is 54.7 Å². The van der Waals surface area contributed by atoms with Crippen LogP contribution in [0, 0.1) is 5.92 Å². The molecule has 0 saturated carbocycles. The Bertz CT molecular complexity index is 1280. The van der Waals surface area contributed by atoms with Gasteiger partial charge in [0, 0.05) is 36.6 Å². The highest BCUT2D eigenvalue weighted by Crippen LogP contribution is 2.40. The van der Waals surface area contributed by atoms with E-state index in [9.17, 15) is 13.2 Å². The number of hydrogen-bond acceptors (Lipinski definition) is 7. The van der Waals surface area contributed by atoms with E-state index in [1.54, 1.807) is 29.8 Å². The molecule has 0 radical (unpaired) electrons. The largest absolute Gasteiger partial charge is 0.353 e. The number of hydrogen-bond donors (Lipinski definition) is 0. The highest BCUT2D eigenvalue weighted by atomic mass is 32.2. The van der Waals surface area contributed by atoms with Gasteiger partial charge in [-0.15, -0.1) is 11.3 Å². The number of anilines is 1. The quantitative estimate of drug-likeness (QED) is 0.543. The highest BCUT2D eigenvalue weighted by Gasteiger charge is 2.31. The van der Waals surface area contributed by atoms with E-state index in [4.69, 9.17) is 0 Å². The molecule has 7 nitrogen and oxygen atoms in total. The Morgan fingerprint density at radius 3 is 2.50 bits per heavy atom. The molecule has 2 aromatic heterocycles. The third-order valence-corrected chi connectivity index (χ3v) is 9.58. The maximum atomic E-state index is 13.1. The molecule has 1 atom stereocenters. The number of carbonyl (C=O) groups is 1. The molecule has 5 rings (SSSR count). The molecule has 0 spiro atoms. The zero-order valence-electron chi connectivity index (χ0n) is 18.2. The van der Waals surface area contributed by atoms with E-state index in [2.05, 4.69) is 21.8 Å². The Morgan fingerprint density at radius 2 is 1.81 bits per heavy atom. The van der Waals surface area contributed by atoms with Crippen molar-refractivity contribution >= 4 is 43.2 Å². The third kappa shape index (κ3) is 3.72. The maximum Gasteiger partial charge on any atom is 0.243 e. The maximum absolute atomic E-state index is 13.1. The van der Waals surface area contributed by atoms with Crippen molar-refractivity contribution in [3.8, 4) is 0 Å². The van der Waals surface area contributed by atoms with Crippen LogP contribution in [0.4, 0.5) is 5.82 Å². The second-order valence-corrected chi connectivity index (χ2v) is 11.7. The molecule has 1 aliphatic heterocycles. The number of sulfonamides is 1. The van der Waals surface area contributed by atoms with Gasteiger partial charge in [-0.25, -0.2) is 18.4 Å². The van der Waals surface area contributed by atoms with Crippen molar-refractivity contribution in [3.63, 3.8) is 0 Å². The molecule has 0 N–H and O–H groups in total. The Kier molecular flexibility index (Phi) is 5.51. The lowest BCUT2D eigenvalue weighted by Crippen LogP contribution is -2.49. The summed E-state index contributed by atoms with van der Waals surface area (Å²) in [5, 5.41) is 1.16. The van der Waals surface area contributed by atoms with Crippen LogP contribution in [0.1, 0.15) is 41.1 Å². The van der Waals surface area contributed by atoms with E-state index in [1.165, 1.54) is 40.2 Å². The van der Waals surface area contributed by atoms with E-state index >= 15 is 0 Å². The molecule has 2 aliphatic rings. The number of thiophene rings is 1. The van der Waals surface area contributed by atoms with Crippen LogP contribution in [0.15, 0.2) is 35.5 Å². The van der Waals surface area contributed by atoms with E-state index in [-0.39, 0.29) is 10.7 Å². The van der Waals surface area contributed by atoms with Gasteiger partial charge in [-0.2, -0.15) is 4.31 Å². The van der Waals surface area contributed by atoms with Crippen molar-refractivity contribution in [1.82, 2.24) is 14.3 Å². The van der Waals surface area contributed by atoms with Gasteiger partial charge in [0.25, 0.3) is 0 Å². The normalized spacial score (nSPS) is 19.8. The van der Waals surface area contributed by atoms with E-state index in [1.807, 2.05) is 0 Å². The van der Waals surface area contributed by atoms with Crippen LogP contribution in [0.3, 0.4) is 0 Å². The Hall–Kier alpha value is -2.36. The molecule has 9 heteroatoms. The summed E-state index contributed by atoms with van der Waals surface area (Å²) in [6.45, 7) is 5.72. The highest BCUT2D eigenvalue weighted by molar-refractivity contribution is 7.89. The van der Waals surface area contributed by atoms with Crippen LogP contribution in [-0.2, 0) is 22.9 Å². The van der Waals surface area contributed by atoms with Gasteiger partial charge in [0.1, 0.15) is 17.0 Å². The predicted octanol–water partition coefficient (Wildman–Crippen LogP) is 3.53. The first kappa shape index (κ1) is 21.5. The fourth-order valence-corrected chi connectivity index (χ4v) is 7.42. The molecular weight excluding hydrogens is 444 g/mol. The van der Waals surface area contributed by atoms with Gasteiger partial charge in [0.05, 0.1) is 10.3 Å². The zero-order chi connectivity index (χ0) is 22.5. The molecule has 3 aromatic rings. The lowest BCUT2D eigenvalue weighted by atomic mass is 9.89. The summed E-state index contributed by atoms with van der Waals surface area (Å²) < 4.78 is 27.7. The van der Waals surface area contributed by atoms with Crippen molar-refractivity contribution in [1.29, 1.82) is 0 Å². The molecule has 168 valence electrons. The Balaban J connectivity index is 1.37. The summed E-state index contributed by atoms with van der Waals surface area (Å²) in [5.74, 6) is 1.55. The van der Waals surface area contributed by atoms with Crippen LogP contribution in [0.5, 0.6) is 0 Å². The van der Waals surface area contributed by atoms with Gasteiger partial charge >= 0.3 is 0 Å². The summed E-state index contributed by atoms with van der Waals surface area (Å²) >= 11 is 1.78. The van der Waals surface area contributed by atoms with E-state index in [0.717, 1.165) is 28.9 Å². The molecular formula is C23H26N4O3S2. The first-order chi connectivity index (χ1) is 15.3. The van der Waals surface area contributed by atoms with E-state index < -0.39 is 10.0 Å². The monoisotopic (exact) mass is 470 g/mol. The van der Waals surface area contributed by atoms with Crippen LogP contribution in [0.25, 0.3) is 10.2 Å². The van der Waals surface area contributed by atoms with Crippen LogP contribution in [0.2, 0.25) is 0 Å². The molecule has 0 amide bonds. The van der Waals surface area contributed by atoms with Crippen molar-refractivity contribution in [2.45, 2.75) is 38.0 Å². The fourth-order valence-electron chi connectivity index (χ4n) is 4.65. The Morgan fingerprint density at radius 1 is 1.09 bits per heavy atom. The summed E-state index contributed by atoms with van der Waals surface area (Å²) in [7, 11) is -3.60. The number of carbonyl (C=O) groups excluding carboxylic acids is 1.